The van der Waals surface area contributed by atoms with Crippen LogP contribution < -0.4 is 10.1 Å². The van der Waals surface area contributed by atoms with E-state index in [1.165, 1.54) is 12.1 Å². The Morgan fingerprint density at radius 1 is 1.21 bits per heavy atom. The number of hydrogen-bond acceptors (Lipinski definition) is 4. The molecule has 2 aromatic rings. The Morgan fingerprint density at radius 3 is 2.50 bits per heavy atom. The maximum absolute atomic E-state index is 12.3. The number of benzene rings is 2. The Kier molecular flexibility index (Phi) is 5.51. The zero-order valence-corrected chi connectivity index (χ0v) is 15.1. The highest BCUT2D eigenvalue weighted by Gasteiger charge is 2.19. The predicted octanol–water partition coefficient (Wildman–Crippen LogP) is 3.46. The van der Waals surface area contributed by atoms with E-state index in [-0.39, 0.29) is 10.6 Å². The van der Waals surface area contributed by atoms with Gasteiger partial charge in [-0.15, -0.1) is 0 Å². The van der Waals surface area contributed by atoms with Crippen LogP contribution in [0.1, 0.15) is 12.5 Å². The lowest BCUT2D eigenvalue weighted by Crippen LogP contribution is -2.30. The van der Waals surface area contributed by atoms with E-state index >= 15 is 0 Å². The largest absolute Gasteiger partial charge is 0.481 e. The van der Waals surface area contributed by atoms with E-state index in [1.807, 2.05) is 6.92 Å². The molecule has 2 aromatic carbocycles. The average Bonchev–Trinajstić information content (AvgIpc) is 2.49. The van der Waals surface area contributed by atoms with Crippen LogP contribution in [-0.4, -0.2) is 26.7 Å². The van der Waals surface area contributed by atoms with Crippen LogP contribution in [0.3, 0.4) is 0 Å². The normalized spacial score (nSPS) is 12.5. The molecular formula is C17H18ClNO4S. The average molecular weight is 368 g/mol. The minimum atomic E-state index is -3.45. The molecule has 1 N–H and O–H groups in total. The van der Waals surface area contributed by atoms with Crippen LogP contribution in [0.15, 0.2) is 47.4 Å². The Balaban J connectivity index is 2.15. The third kappa shape index (κ3) is 4.49. The van der Waals surface area contributed by atoms with Crippen molar-refractivity contribution in [3.05, 3.63) is 53.1 Å². The lowest BCUT2D eigenvalue weighted by Gasteiger charge is -2.17. The van der Waals surface area contributed by atoms with E-state index in [9.17, 15) is 13.2 Å². The van der Waals surface area contributed by atoms with Gasteiger partial charge in [-0.1, -0.05) is 23.7 Å². The SMILES string of the molecule is Cc1cc(Cl)ccc1OC(C)C(=O)Nc1ccccc1S(C)(=O)=O. The van der Waals surface area contributed by atoms with E-state index < -0.39 is 21.8 Å². The van der Waals surface area contributed by atoms with Gasteiger partial charge in [-0.25, -0.2) is 8.42 Å². The molecule has 0 aromatic heterocycles. The number of hydrogen-bond donors (Lipinski definition) is 1. The number of sulfone groups is 1. The molecule has 7 heteroatoms. The maximum atomic E-state index is 12.3. The van der Waals surface area contributed by atoms with Gasteiger partial charge < -0.3 is 10.1 Å². The van der Waals surface area contributed by atoms with Crippen LogP contribution in [0.25, 0.3) is 0 Å². The van der Waals surface area contributed by atoms with Crippen molar-refractivity contribution in [1.29, 1.82) is 0 Å². The van der Waals surface area contributed by atoms with Crippen molar-refractivity contribution in [2.45, 2.75) is 24.8 Å². The van der Waals surface area contributed by atoms with Crippen LogP contribution >= 0.6 is 11.6 Å². The molecule has 1 atom stereocenters. The number of para-hydroxylation sites is 1. The molecule has 0 saturated carbocycles. The Morgan fingerprint density at radius 2 is 1.88 bits per heavy atom. The fraction of sp³-hybridized carbons (Fsp3) is 0.235. The van der Waals surface area contributed by atoms with Crippen LogP contribution in [0.2, 0.25) is 5.02 Å². The van der Waals surface area contributed by atoms with Gasteiger partial charge in [0, 0.05) is 11.3 Å². The van der Waals surface area contributed by atoms with Gasteiger partial charge in [0.15, 0.2) is 15.9 Å². The van der Waals surface area contributed by atoms with Gasteiger partial charge in [0.1, 0.15) is 5.75 Å². The summed E-state index contributed by atoms with van der Waals surface area (Å²) < 4.78 is 29.2. The first-order valence-electron chi connectivity index (χ1n) is 7.21. The zero-order valence-electron chi connectivity index (χ0n) is 13.5. The fourth-order valence-corrected chi connectivity index (χ4v) is 3.19. The number of nitrogens with one attached hydrogen (secondary N) is 1. The smallest absolute Gasteiger partial charge is 0.265 e. The lowest BCUT2D eigenvalue weighted by atomic mass is 10.2. The quantitative estimate of drug-likeness (QED) is 0.878. The van der Waals surface area contributed by atoms with Crippen molar-refractivity contribution in [1.82, 2.24) is 0 Å². The number of ether oxygens (including phenoxy) is 1. The minimum absolute atomic E-state index is 0.0632. The summed E-state index contributed by atoms with van der Waals surface area (Å²) in [5.74, 6) is 0.0962. The highest BCUT2D eigenvalue weighted by atomic mass is 35.5. The standard InChI is InChI=1S/C17H18ClNO4S/c1-11-10-13(18)8-9-15(11)23-12(2)17(20)19-14-6-4-5-7-16(14)24(3,21)22/h4-10,12H,1-3H3,(H,19,20). The number of rotatable bonds is 5. The third-order valence-electron chi connectivity index (χ3n) is 3.35. The van der Waals surface area contributed by atoms with Gasteiger partial charge in [0.25, 0.3) is 5.91 Å². The molecule has 24 heavy (non-hydrogen) atoms. The molecule has 0 aliphatic rings. The van der Waals surface area contributed by atoms with Gasteiger partial charge in [0.05, 0.1) is 10.6 Å². The van der Waals surface area contributed by atoms with Crippen LogP contribution in [0.5, 0.6) is 5.75 Å². The van der Waals surface area contributed by atoms with Crippen molar-refractivity contribution >= 4 is 33.0 Å². The summed E-state index contributed by atoms with van der Waals surface area (Å²) in [4.78, 5) is 12.4. The lowest BCUT2D eigenvalue weighted by molar-refractivity contribution is -0.122. The zero-order chi connectivity index (χ0) is 17.9. The topological polar surface area (TPSA) is 72.5 Å². The molecule has 128 valence electrons. The number of anilines is 1. The van der Waals surface area contributed by atoms with E-state index in [4.69, 9.17) is 16.3 Å². The van der Waals surface area contributed by atoms with Crippen molar-refractivity contribution in [2.75, 3.05) is 11.6 Å². The van der Waals surface area contributed by atoms with Gasteiger partial charge in [-0.3, -0.25) is 4.79 Å². The summed E-state index contributed by atoms with van der Waals surface area (Å²) in [5, 5.41) is 3.18. The molecule has 2 rings (SSSR count). The van der Waals surface area contributed by atoms with E-state index in [0.717, 1.165) is 11.8 Å². The van der Waals surface area contributed by atoms with Gasteiger partial charge in [0.2, 0.25) is 0 Å². The minimum Gasteiger partial charge on any atom is -0.481 e. The highest BCUT2D eigenvalue weighted by molar-refractivity contribution is 7.90. The molecule has 0 fully saturated rings. The van der Waals surface area contributed by atoms with Crippen LogP contribution in [-0.2, 0) is 14.6 Å². The summed E-state index contributed by atoms with van der Waals surface area (Å²) in [6.07, 6.45) is 0.284. The van der Waals surface area contributed by atoms with E-state index in [0.29, 0.717) is 10.8 Å². The van der Waals surface area contributed by atoms with Crippen molar-refractivity contribution < 1.29 is 17.9 Å². The number of aryl methyl sites for hydroxylation is 1. The molecule has 0 aliphatic heterocycles. The summed E-state index contributed by atoms with van der Waals surface area (Å²) in [5.41, 5.74) is 1.03. The summed E-state index contributed by atoms with van der Waals surface area (Å²) in [6, 6.07) is 11.3. The summed E-state index contributed by atoms with van der Waals surface area (Å²) in [7, 11) is -3.45. The van der Waals surface area contributed by atoms with Crippen molar-refractivity contribution in [3.63, 3.8) is 0 Å². The first-order chi connectivity index (χ1) is 11.2. The summed E-state index contributed by atoms with van der Waals surface area (Å²) in [6.45, 7) is 3.41. The number of amides is 1. The highest BCUT2D eigenvalue weighted by Crippen LogP contribution is 2.24. The molecule has 0 bridgehead atoms. The monoisotopic (exact) mass is 367 g/mol. The van der Waals surface area contributed by atoms with E-state index in [2.05, 4.69) is 5.32 Å². The molecule has 1 amide bonds. The Bertz CT molecular complexity index is 865. The first-order valence-corrected chi connectivity index (χ1v) is 9.48. The number of halogens is 1. The Hall–Kier alpha value is -2.05. The molecule has 0 heterocycles. The number of carbonyl (C=O) groups is 1. The van der Waals surface area contributed by atoms with Crippen molar-refractivity contribution in [2.24, 2.45) is 0 Å². The molecule has 5 nitrogen and oxygen atoms in total. The van der Waals surface area contributed by atoms with Gasteiger partial charge in [-0.05, 0) is 49.7 Å². The van der Waals surface area contributed by atoms with Gasteiger partial charge >= 0.3 is 0 Å². The molecular weight excluding hydrogens is 350 g/mol. The molecule has 1 unspecified atom stereocenters. The number of carbonyl (C=O) groups excluding carboxylic acids is 1. The summed E-state index contributed by atoms with van der Waals surface area (Å²) >= 11 is 5.89. The molecule has 0 spiro atoms. The van der Waals surface area contributed by atoms with Crippen LogP contribution in [0.4, 0.5) is 5.69 Å². The second-order valence-corrected chi connectivity index (χ2v) is 7.85. The molecule has 0 radical (unpaired) electrons. The molecule has 0 aliphatic carbocycles. The third-order valence-corrected chi connectivity index (χ3v) is 4.74. The fourth-order valence-electron chi connectivity index (χ4n) is 2.12. The predicted molar refractivity (Wildman–Crippen MR) is 94.5 cm³/mol. The molecule has 0 saturated heterocycles. The van der Waals surface area contributed by atoms with Crippen molar-refractivity contribution in [3.8, 4) is 5.75 Å². The Labute approximate surface area is 146 Å². The first kappa shape index (κ1) is 18.3. The second kappa shape index (κ2) is 7.23. The van der Waals surface area contributed by atoms with E-state index in [1.54, 1.807) is 37.3 Å². The second-order valence-electron chi connectivity index (χ2n) is 5.43. The maximum Gasteiger partial charge on any atom is 0.265 e. The van der Waals surface area contributed by atoms with Crippen LogP contribution in [0, 0.1) is 6.92 Å². The van der Waals surface area contributed by atoms with Gasteiger partial charge in [-0.2, -0.15) is 0 Å².